The van der Waals surface area contributed by atoms with Gasteiger partial charge in [0.1, 0.15) is 18.6 Å². The summed E-state index contributed by atoms with van der Waals surface area (Å²) in [5.74, 6) is 0.942. The molecule has 4 heterocycles. The Labute approximate surface area is 197 Å². The van der Waals surface area contributed by atoms with Crippen LogP contribution in [0.2, 0.25) is 0 Å². The first-order chi connectivity index (χ1) is 16.8. The van der Waals surface area contributed by atoms with Crippen LogP contribution < -0.4 is 4.90 Å². The number of nitrogens with zero attached hydrogens (tertiary/aromatic N) is 7. The fourth-order valence-corrected chi connectivity index (χ4v) is 4.75. The van der Waals surface area contributed by atoms with Gasteiger partial charge in [0, 0.05) is 42.3 Å². The lowest BCUT2D eigenvalue weighted by atomic mass is 9.89. The van der Waals surface area contributed by atoms with Gasteiger partial charge >= 0.3 is 0 Å². The van der Waals surface area contributed by atoms with Crippen LogP contribution in [0, 0.1) is 23.2 Å². The Kier molecular flexibility index (Phi) is 5.30. The highest BCUT2D eigenvalue weighted by atomic mass is 16.6. The summed E-state index contributed by atoms with van der Waals surface area (Å²) >= 11 is 0. The van der Waals surface area contributed by atoms with E-state index in [2.05, 4.69) is 37.4 Å². The van der Waals surface area contributed by atoms with E-state index in [-0.39, 0.29) is 5.92 Å². The summed E-state index contributed by atoms with van der Waals surface area (Å²) in [5, 5.41) is 23.4. The van der Waals surface area contributed by atoms with Gasteiger partial charge in [-0.2, -0.15) is 5.26 Å². The third-order valence-electron chi connectivity index (χ3n) is 6.82. The third kappa shape index (κ3) is 3.94. The number of piperidine rings is 1. The Hall–Kier alpha value is -3.99. The molecule has 0 bridgehead atoms. The molecule has 0 N–H and O–H groups in total. The molecule has 3 aromatic heterocycles. The van der Waals surface area contributed by atoms with Crippen LogP contribution in [0.25, 0.3) is 16.6 Å². The normalized spacial score (nSPS) is 17.3. The molecule has 1 aliphatic carbocycles. The van der Waals surface area contributed by atoms with Crippen molar-refractivity contribution < 1.29 is 4.84 Å². The van der Waals surface area contributed by atoms with Crippen molar-refractivity contribution in [1.29, 1.82) is 5.26 Å². The summed E-state index contributed by atoms with van der Waals surface area (Å²) in [7, 11) is 0. The van der Waals surface area contributed by atoms with Gasteiger partial charge in [-0.15, -0.1) is 10.2 Å². The molecule has 2 fully saturated rings. The summed E-state index contributed by atoms with van der Waals surface area (Å²) in [6, 6.07) is 16.1. The first kappa shape index (κ1) is 20.6. The van der Waals surface area contributed by atoms with Crippen LogP contribution in [-0.2, 0) is 4.84 Å². The maximum absolute atomic E-state index is 9.46. The van der Waals surface area contributed by atoms with E-state index in [9.17, 15) is 5.26 Å². The third-order valence-corrected chi connectivity index (χ3v) is 6.82. The minimum Gasteiger partial charge on any atom is -0.395 e. The van der Waals surface area contributed by atoms with Crippen molar-refractivity contribution in [3.63, 3.8) is 0 Å². The fourth-order valence-electron chi connectivity index (χ4n) is 4.75. The number of fused-ring (bicyclic) bond motifs is 3. The number of anilines is 1. The average molecular weight is 452 g/mol. The van der Waals surface area contributed by atoms with E-state index >= 15 is 0 Å². The van der Waals surface area contributed by atoms with Crippen LogP contribution in [0.3, 0.4) is 0 Å². The van der Waals surface area contributed by atoms with Crippen LogP contribution in [0.4, 0.5) is 5.69 Å². The number of pyridine rings is 2. The number of hydrogen-bond donors (Lipinski definition) is 0. The first-order valence-corrected chi connectivity index (χ1v) is 11.8. The number of nitriles is 1. The van der Waals surface area contributed by atoms with E-state index in [4.69, 9.17) is 4.84 Å². The van der Waals surface area contributed by atoms with Crippen molar-refractivity contribution in [3.8, 4) is 6.07 Å². The summed E-state index contributed by atoms with van der Waals surface area (Å²) in [6.45, 7) is 2.44. The number of aromatic nitrogens is 4. The molecule has 1 saturated carbocycles. The van der Waals surface area contributed by atoms with Crippen LogP contribution >= 0.6 is 0 Å². The van der Waals surface area contributed by atoms with Crippen LogP contribution in [0.5, 0.6) is 0 Å². The Balaban J connectivity index is 1.28. The lowest BCUT2D eigenvalue weighted by Gasteiger charge is -2.34. The quantitative estimate of drug-likeness (QED) is 0.322. The first-order valence-electron chi connectivity index (χ1n) is 11.8. The Morgan fingerprint density at radius 3 is 2.76 bits per heavy atom. The zero-order valence-electron chi connectivity index (χ0n) is 18.8. The van der Waals surface area contributed by atoms with Gasteiger partial charge in [-0.05, 0) is 61.9 Å². The van der Waals surface area contributed by atoms with E-state index in [0.29, 0.717) is 18.1 Å². The fraction of sp³-hybridized carbons (Fsp3) is 0.346. The molecule has 0 amide bonds. The highest BCUT2D eigenvalue weighted by Gasteiger charge is 2.28. The van der Waals surface area contributed by atoms with Crippen molar-refractivity contribution in [2.45, 2.75) is 25.7 Å². The predicted molar refractivity (Wildman–Crippen MR) is 130 cm³/mol. The number of hydrogen-bond acceptors (Lipinski definition) is 7. The minimum absolute atomic E-state index is 0.281. The van der Waals surface area contributed by atoms with Crippen molar-refractivity contribution in [2.24, 2.45) is 17.0 Å². The predicted octanol–water partition coefficient (Wildman–Crippen LogP) is 4.20. The zero-order valence-corrected chi connectivity index (χ0v) is 18.8. The van der Waals surface area contributed by atoms with Gasteiger partial charge < -0.3 is 9.74 Å². The van der Waals surface area contributed by atoms with Crippen LogP contribution in [-0.4, -0.2) is 45.0 Å². The topological polar surface area (TPSA) is 91.7 Å². The second kappa shape index (κ2) is 8.75. The molecule has 1 saturated heterocycles. The lowest BCUT2D eigenvalue weighted by Crippen LogP contribution is -2.37. The summed E-state index contributed by atoms with van der Waals surface area (Å²) < 4.78 is 1.97. The molecule has 6 rings (SSSR count). The molecular formula is C26H25N7O. The van der Waals surface area contributed by atoms with Gasteiger partial charge in [0.25, 0.3) is 0 Å². The second-order valence-corrected chi connectivity index (χ2v) is 9.12. The van der Waals surface area contributed by atoms with Crippen molar-refractivity contribution in [1.82, 2.24) is 19.6 Å². The molecule has 1 aliphatic heterocycles. The zero-order chi connectivity index (χ0) is 22.9. The molecule has 34 heavy (non-hydrogen) atoms. The molecule has 2 aliphatic rings. The largest absolute Gasteiger partial charge is 0.395 e. The molecule has 0 spiro atoms. The van der Waals surface area contributed by atoms with Crippen molar-refractivity contribution in [3.05, 3.63) is 66.2 Å². The van der Waals surface area contributed by atoms with Gasteiger partial charge in [-0.25, -0.2) is 0 Å². The number of benzene rings is 1. The van der Waals surface area contributed by atoms with Crippen LogP contribution in [0.15, 0.2) is 60.1 Å². The van der Waals surface area contributed by atoms with E-state index < -0.39 is 0 Å². The lowest BCUT2D eigenvalue weighted by molar-refractivity contribution is 0.132. The average Bonchev–Trinajstić information content (AvgIpc) is 3.60. The van der Waals surface area contributed by atoms with Gasteiger partial charge in [0.15, 0.2) is 5.65 Å². The number of oxime groups is 1. The molecule has 4 aromatic rings. The maximum Gasteiger partial charge on any atom is 0.163 e. The van der Waals surface area contributed by atoms with Crippen molar-refractivity contribution in [2.75, 3.05) is 24.6 Å². The molecule has 0 unspecified atom stereocenters. The van der Waals surface area contributed by atoms with E-state index in [1.165, 1.54) is 12.8 Å². The summed E-state index contributed by atoms with van der Waals surface area (Å²) in [4.78, 5) is 12.7. The highest BCUT2D eigenvalue weighted by molar-refractivity contribution is 6.00. The Morgan fingerprint density at radius 2 is 2.00 bits per heavy atom. The van der Waals surface area contributed by atoms with Gasteiger partial charge in [-0.3, -0.25) is 9.38 Å². The monoisotopic (exact) mass is 451 g/mol. The van der Waals surface area contributed by atoms with E-state index in [0.717, 1.165) is 59.6 Å². The van der Waals surface area contributed by atoms with E-state index in [1.54, 1.807) is 6.33 Å². The smallest absolute Gasteiger partial charge is 0.163 e. The molecule has 8 nitrogen and oxygen atoms in total. The van der Waals surface area contributed by atoms with Gasteiger partial charge in [0.05, 0.1) is 22.8 Å². The van der Waals surface area contributed by atoms with Crippen molar-refractivity contribution >= 4 is 27.9 Å². The Bertz CT molecular complexity index is 1390. The molecule has 0 radical (unpaired) electrons. The standard InChI is InChI=1S/C26H25N7O/c27-15-19-6-7-23-21(13-19)24(14-25-30-29-17-33(23)25)32-11-8-20(9-12-32)26(22-3-1-2-10-28-22)31-34-16-18-4-5-18/h1-3,6-7,10,13-14,17-18,20H,4-5,8-9,11-12,16H2/b31-26+. The van der Waals surface area contributed by atoms with Crippen LogP contribution in [0.1, 0.15) is 36.9 Å². The SMILES string of the molecule is N#Cc1ccc2c(c1)c(N1CCC(/C(=N\OCC3CC3)c3ccccn3)CC1)cc1nncn12. The van der Waals surface area contributed by atoms with E-state index in [1.807, 2.05) is 47.0 Å². The Morgan fingerprint density at radius 1 is 1.12 bits per heavy atom. The molecule has 1 aromatic carbocycles. The summed E-state index contributed by atoms with van der Waals surface area (Å²) in [5.41, 5.74) is 5.39. The minimum atomic E-state index is 0.281. The number of rotatable bonds is 6. The maximum atomic E-state index is 9.46. The highest BCUT2D eigenvalue weighted by Crippen LogP contribution is 2.33. The molecule has 0 atom stereocenters. The second-order valence-electron chi connectivity index (χ2n) is 9.12. The van der Waals surface area contributed by atoms with Gasteiger partial charge in [-0.1, -0.05) is 11.2 Å². The van der Waals surface area contributed by atoms with Gasteiger partial charge in [0.2, 0.25) is 0 Å². The molecular weight excluding hydrogens is 426 g/mol. The summed E-state index contributed by atoms with van der Waals surface area (Å²) in [6.07, 6.45) is 7.90. The molecule has 8 heteroatoms. The molecule has 170 valence electrons.